The first-order valence-electron chi connectivity index (χ1n) is 8.89. The first-order chi connectivity index (χ1) is 13.9. The van der Waals surface area contributed by atoms with Gasteiger partial charge in [-0.2, -0.15) is 0 Å². The second-order valence-electron chi connectivity index (χ2n) is 6.67. The molecule has 0 aliphatic carbocycles. The number of thiocarbonyl (C=S) groups is 1. The van der Waals surface area contributed by atoms with Gasteiger partial charge < -0.3 is 20.9 Å². The van der Waals surface area contributed by atoms with Crippen LogP contribution in [0.3, 0.4) is 0 Å². The maximum Gasteiger partial charge on any atom is 0.255 e. The molecule has 0 spiro atoms. The normalized spacial score (nSPS) is 16.3. The molecule has 8 heteroatoms. The van der Waals surface area contributed by atoms with Crippen LogP contribution in [0.4, 0.5) is 5.69 Å². The molecule has 0 fully saturated rings. The molecule has 146 valence electrons. The lowest BCUT2D eigenvalue weighted by Gasteiger charge is -2.30. The molecule has 29 heavy (non-hydrogen) atoms. The molecular formula is C21H17BrN4O2S. The molecule has 0 bridgehead atoms. The second-order valence-corrected chi connectivity index (χ2v) is 8.00. The molecule has 0 saturated heterocycles. The van der Waals surface area contributed by atoms with Gasteiger partial charge in [-0.05, 0) is 60.9 Å². The maximum absolute atomic E-state index is 13.1. The number of hydrogen-bond donors (Lipinski definition) is 4. The van der Waals surface area contributed by atoms with Crippen LogP contribution in [0, 0.1) is 0 Å². The molecule has 1 aliphatic heterocycles. The molecule has 2 heterocycles. The number of hydrogen-bond acceptors (Lipinski definition) is 3. The van der Waals surface area contributed by atoms with Crippen molar-refractivity contribution in [2.24, 2.45) is 0 Å². The number of carbonyl (C=O) groups excluding carboxylic acids is 1. The number of halogens is 1. The first kappa shape index (κ1) is 19.4. The van der Waals surface area contributed by atoms with Crippen molar-refractivity contribution in [2.45, 2.75) is 13.0 Å². The van der Waals surface area contributed by atoms with Crippen molar-refractivity contribution in [2.75, 3.05) is 5.32 Å². The number of amides is 1. The third-order valence-electron chi connectivity index (χ3n) is 4.71. The molecule has 4 rings (SSSR count). The highest BCUT2D eigenvalue weighted by atomic mass is 79.9. The van der Waals surface area contributed by atoms with E-state index in [0.29, 0.717) is 27.6 Å². The number of rotatable bonds is 3. The topological polar surface area (TPSA) is 86.0 Å². The largest absolute Gasteiger partial charge is 0.351 e. The minimum Gasteiger partial charge on any atom is -0.351 e. The van der Waals surface area contributed by atoms with Gasteiger partial charge in [0.25, 0.3) is 11.5 Å². The van der Waals surface area contributed by atoms with Gasteiger partial charge in [-0.1, -0.05) is 34.1 Å². The average molecular weight is 469 g/mol. The highest BCUT2D eigenvalue weighted by Crippen LogP contribution is 2.27. The Kier molecular flexibility index (Phi) is 5.21. The van der Waals surface area contributed by atoms with E-state index in [1.54, 1.807) is 25.1 Å². The van der Waals surface area contributed by atoms with Crippen LogP contribution in [0.2, 0.25) is 0 Å². The van der Waals surface area contributed by atoms with E-state index in [0.717, 1.165) is 15.4 Å². The summed E-state index contributed by atoms with van der Waals surface area (Å²) < 4.78 is 0.915. The lowest BCUT2D eigenvalue weighted by atomic mass is 9.95. The summed E-state index contributed by atoms with van der Waals surface area (Å²) in [6, 6.07) is 15.9. The Labute approximate surface area is 180 Å². The van der Waals surface area contributed by atoms with Crippen molar-refractivity contribution >= 4 is 55.8 Å². The van der Waals surface area contributed by atoms with E-state index in [1.165, 1.54) is 0 Å². The number of fused-ring (bicyclic) bond motifs is 1. The third kappa shape index (κ3) is 3.94. The maximum atomic E-state index is 13.1. The summed E-state index contributed by atoms with van der Waals surface area (Å²) in [7, 11) is 0. The van der Waals surface area contributed by atoms with Gasteiger partial charge in [-0.3, -0.25) is 9.59 Å². The van der Waals surface area contributed by atoms with E-state index in [1.807, 2.05) is 36.4 Å². The van der Waals surface area contributed by atoms with E-state index in [4.69, 9.17) is 12.2 Å². The average Bonchev–Trinajstić information content (AvgIpc) is 2.68. The van der Waals surface area contributed by atoms with Crippen LogP contribution in [-0.2, 0) is 4.79 Å². The molecule has 1 atom stereocenters. The van der Waals surface area contributed by atoms with E-state index < -0.39 is 6.04 Å². The molecule has 6 nitrogen and oxygen atoms in total. The number of anilines is 1. The number of H-pyrrole nitrogens is 1. The van der Waals surface area contributed by atoms with Gasteiger partial charge in [-0.15, -0.1) is 0 Å². The highest BCUT2D eigenvalue weighted by molar-refractivity contribution is 9.10. The number of aromatic amines is 1. The standard InChI is InChI=1S/C21H17BrN4O2S/c1-11-17(20(28)24-14-8-6-13(22)7-9-14)18(26-21(29)23-11)15-10-12-4-2-3-5-16(12)25-19(15)27/h2-10,18H,1H3,(H,24,28)(H,25,27)(H2,23,26,29)/t18-/m1/s1. The predicted molar refractivity (Wildman–Crippen MR) is 122 cm³/mol. The van der Waals surface area contributed by atoms with Crippen LogP contribution in [-0.4, -0.2) is 16.0 Å². The summed E-state index contributed by atoms with van der Waals surface area (Å²) in [5, 5.41) is 10.2. The fourth-order valence-corrected chi connectivity index (χ4v) is 3.87. The van der Waals surface area contributed by atoms with Gasteiger partial charge in [0.1, 0.15) is 0 Å². The molecule has 1 aromatic heterocycles. The summed E-state index contributed by atoms with van der Waals surface area (Å²) in [6.45, 7) is 1.77. The van der Waals surface area contributed by atoms with Gasteiger partial charge in [0.2, 0.25) is 0 Å². The second kappa shape index (κ2) is 7.81. The molecule has 0 unspecified atom stereocenters. The predicted octanol–water partition coefficient (Wildman–Crippen LogP) is 3.72. The molecule has 4 N–H and O–H groups in total. The van der Waals surface area contributed by atoms with Crippen molar-refractivity contribution in [1.29, 1.82) is 0 Å². The SMILES string of the molecule is CC1=C(C(=O)Nc2ccc(Br)cc2)[C@@H](c2cc3ccccc3[nH]c2=O)NC(=S)N1. The lowest BCUT2D eigenvalue weighted by molar-refractivity contribution is -0.113. The van der Waals surface area contributed by atoms with Crippen LogP contribution in [0.5, 0.6) is 0 Å². The van der Waals surface area contributed by atoms with E-state index in [-0.39, 0.29) is 11.5 Å². The Morgan fingerprint density at radius 3 is 2.62 bits per heavy atom. The van der Waals surface area contributed by atoms with Crippen molar-refractivity contribution in [3.8, 4) is 0 Å². The fourth-order valence-electron chi connectivity index (χ4n) is 3.34. The van der Waals surface area contributed by atoms with E-state index >= 15 is 0 Å². The molecule has 1 aliphatic rings. The van der Waals surface area contributed by atoms with Crippen LogP contribution in [0.1, 0.15) is 18.5 Å². The van der Waals surface area contributed by atoms with Gasteiger partial charge in [0.05, 0.1) is 11.6 Å². The van der Waals surface area contributed by atoms with E-state index in [2.05, 4.69) is 36.9 Å². The van der Waals surface area contributed by atoms with Crippen molar-refractivity contribution < 1.29 is 4.79 Å². The van der Waals surface area contributed by atoms with Crippen LogP contribution < -0.4 is 21.5 Å². The molecule has 2 aromatic carbocycles. The van der Waals surface area contributed by atoms with Crippen LogP contribution in [0.25, 0.3) is 10.9 Å². The Morgan fingerprint density at radius 2 is 1.86 bits per heavy atom. The summed E-state index contributed by atoms with van der Waals surface area (Å²) in [5.41, 5.74) is 2.54. The smallest absolute Gasteiger partial charge is 0.255 e. The van der Waals surface area contributed by atoms with Crippen molar-refractivity contribution in [3.63, 3.8) is 0 Å². The quantitative estimate of drug-likeness (QED) is 0.440. The van der Waals surface area contributed by atoms with Crippen molar-refractivity contribution in [1.82, 2.24) is 15.6 Å². The Balaban J connectivity index is 1.76. The number of para-hydroxylation sites is 1. The summed E-state index contributed by atoms with van der Waals surface area (Å²) in [4.78, 5) is 28.8. The van der Waals surface area contributed by atoms with Gasteiger partial charge in [0, 0.05) is 26.9 Å². The number of pyridine rings is 1. The lowest BCUT2D eigenvalue weighted by Crippen LogP contribution is -2.47. The molecule has 0 radical (unpaired) electrons. The van der Waals surface area contributed by atoms with E-state index in [9.17, 15) is 9.59 Å². The first-order valence-corrected chi connectivity index (χ1v) is 10.1. The molecule has 1 amide bonds. The zero-order valence-electron chi connectivity index (χ0n) is 15.4. The number of aromatic nitrogens is 1. The molecule has 3 aromatic rings. The van der Waals surface area contributed by atoms with Crippen LogP contribution >= 0.6 is 28.1 Å². The summed E-state index contributed by atoms with van der Waals surface area (Å²) in [6.07, 6.45) is 0. The zero-order valence-corrected chi connectivity index (χ0v) is 17.8. The van der Waals surface area contributed by atoms with Gasteiger partial charge >= 0.3 is 0 Å². The Morgan fingerprint density at radius 1 is 1.14 bits per heavy atom. The summed E-state index contributed by atoms with van der Waals surface area (Å²) >= 11 is 8.65. The number of benzene rings is 2. The van der Waals surface area contributed by atoms with Crippen LogP contribution in [0.15, 0.2) is 75.1 Å². The number of nitrogens with one attached hydrogen (secondary N) is 4. The number of carbonyl (C=O) groups is 1. The van der Waals surface area contributed by atoms with Gasteiger partial charge in [0.15, 0.2) is 5.11 Å². The number of allylic oxidation sites excluding steroid dienone is 1. The molecule has 0 saturated carbocycles. The van der Waals surface area contributed by atoms with Crippen molar-refractivity contribution in [3.05, 3.63) is 86.3 Å². The monoisotopic (exact) mass is 468 g/mol. The minimum atomic E-state index is -0.674. The summed E-state index contributed by atoms with van der Waals surface area (Å²) in [5.74, 6) is -0.315. The minimum absolute atomic E-state index is 0.271. The third-order valence-corrected chi connectivity index (χ3v) is 5.46. The van der Waals surface area contributed by atoms with Gasteiger partial charge in [-0.25, -0.2) is 0 Å². The fraction of sp³-hybridized carbons (Fsp3) is 0.0952. The Bertz CT molecular complexity index is 1220. The Hall–Kier alpha value is -2.97. The zero-order chi connectivity index (χ0) is 20.5. The molecular weight excluding hydrogens is 452 g/mol. The highest BCUT2D eigenvalue weighted by Gasteiger charge is 2.31.